The second kappa shape index (κ2) is 5.91. The van der Waals surface area contributed by atoms with Gasteiger partial charge in [0, 0.05) is 19.2 Å². The number of hydrogen-bond acceptors (Lipinski definition) is 4. The van der Waals surface area contributed by atoms with Crippen LogP contribution in [0.15, 0.2) is 17.2 Å². The average Bonchev–Trinajstić information content (AvgIpc) is 2.23. The third kappa shape index (κ3) is 3.73. The molecule has 0 aliphatic heterocycles. The SMILES string of the molecule is CC(C)CN(CCC#N)c1cc(=O)[nH]cn1. The Morgan fingerprint density at radius 3 is 2.94 bits per heavy atom. The summed E-state index contributed by atoms with van der Waals surface area (Å²) >= 11 is 0. The van der Waals surface area contributed by atoms with E-state index in [1.165, 1.54) is 12.4 Å². The molecular weight excluding hydrogens is 204 g/mol. The van der Waals surface area contributed by atoms with Gasteiger partial charge in [-0.3, -0.25) is 4.79 Å². The molecule has 0 spiro atoms. The lowest BCUT2D eigenvalue weighted by Crippen LogP contribution is -2.30. The first-order valence-corrected chi connectivity index (χ1v) is 5.30. The van der Waals surface area contributed by atoms with Gasteiger partial charge >= 0.3 is 0 Å². The molecule has 0 atom stereocenters. The number of nitriles is 1. The fourth-order valence-corrected chi connectivity index (χ4v) is 1.46. The molecule has 0 aliphatic carbocycles. The van der Waals surface area contributed by atoms with E-state index in [1.807, 2.05) is 4.90 Å². The molecule has 0 saturated heterocycles. The lowest BCUT2D eigenvalue weighted by molar-refractivity contribution is 0.607. The van der Waals surface area contributed by atoms with Crippen molar-refractivity contribution in [3.05, 3.63) is 22.7 Å². The Morgan fingerprint density at radius 1 is 1.62 bits per heavy atom. The average molecular weight is 220 g/mol. The van der Waals surface area contributed by atoms with Gasteiger partial charge in [0.25, 0.3) is 5.56 Å². The van der Waals surface area contributed by atoms with Crippen LogP contribution in [-0.2, 0) is 0 Å². The molecule has 0 bridgehead atoms. The molecule has 1 aromatic rings. The molecule has 0 aromatic carbocycles. The van der Waals surface area contributed by atoms with Crippen LogP contribution in [0.4, 0.5) is 5.82 Å². The van der Waals surface area contributed by atoms with Crippen molar-refractivity contribution >= 4 is 5.82 Å². The monoisotopic (exact) mass is 220 g/mol. The van der Waals surface area contributed by atoms with E-state index < -0.39 is 0 Å². The third-order valence-electron chi connectivity index (χ3n) is 2.07. The molecule has 16 heavy (non-hydrogen) atoms. The summed E-state index contributed by atoms with van der Waals surface area (Å²) in [7, 11) is 0. The van der Waals surface area contributed by atoms with Gasteiger partial charge in [0.15, 0.2) is 0 Å². The summed E-state index contributed by atoms with van der Waals surface area (Å²) < 4.78 is 0. The highest BCUT2D eigenvalue weighted by atomic mass is 16.1. The lowest BCUT2D eigenvalue weighted by Gasteiger charge is -2.24. The summed E-state index contributed by atoms with van der Waals surface area (Å²) in [6.45, 7) is 5.57. The normalized spacial score (nSPS) is 10.1. The van der Waals surface area contributed by atoms with E-state index in [-0.39, 0.29) is 5.56 Å². The van der Waals surface area contributed by atoms with E-state index in [0.717, 1.165) is 6.54 Å². The van der Waals surface area contributed by atoms with Crippen molar-refractivity contribution in [3.8, 4) is 6.07 Å². The van der Waals surface area contributed by atoms with Crippen molar-refractivity contribution in [2.45, 2.75) is 20.3 Å². The molecule has 86 valence electrons. The van der Waals surface area contributed by atoms with Gasteiger partial charge in [-0.15, -0.1) is 0 Å². The molecular formula is C11H16N4O. The highest BCUT2D eigenvalue weighted by Crippen LogP contribution is 2.09. The standard InChI is InChI=1S/C11H16N4O/c1-9(2)7-15(5-3-4-12)10-6-11(16)14-8-13-10/h6,8-9H,3,5,7H2,1-2H3,(H,13,14,16). The predicted octanol–water partition coefficient (Wildman–Crippen LogP) is 1.15. The van der Waals surface area contributed by atoms with Gasteiger partial charge < -0.3 is 9.88 Å². The first kappa shape index (κ1) is 12.2. The number of nitrogens with one attached hydrogen (secondary N) is 1. The molecule has 0 amide bonds. The van der Waals surface area contributed by atoms with Crippen LogP contribution in [0, 0.1) is 17.2 Å². The minimum absolute atomic E-state index is 0.171. The van der Waals surface area contributed by atoms with Crippen LogP contribution in [0.5, 0.6) is 0 Å². The molecule has 1 heterocycles. The Labute approximate surface area is 94.7 Å². The zero-order valence-electron chi connectivity index (χ0n) is 9.60. The van der Waals surface area contributed by atoms with Crippen LogP contribution in [0.1, 0.15) is 20.3 Å². The Balaban J connectivity index is 2.83. The smallest absolute Gasteiger partial charge is 0.252 e. The number of nitrogens with zero attached hydrogens (tertiary/aromatic N) is 3. The summed E-state index contributed by atoms with van der Waals surface area (Å²) in [5, 5.41) is 8.59. The molecule has 1 N–H and O–H groups in total. The second-order valence-corrected chi connectivity index (χ2v) is 4.02. The Bertz CT molecular complexity index is 418. The lowest BCUT2D eigenvalue weighted by atomic mass is 10.2. The summed E-state index contributed by atoms with van der Waals surface area (Å²) in [4.78, 5) is 19.7. The van der Waals surface area contributed by atoms with Crippen molar-refractivity contribution in [2.24, 2.45) is 5.92 Å². The third-order valence-corrected chi connectivity index (χ3v) is 2.07. The molecule has 0 fully saturated rings. The maximum atomic E-state index is 11.2. The van der Waals surface area contributed by atoms with Crippen LogP contribution >= 0.6 is 0 Å². The summed E-state index contributed by atoms with van der Waals surface area (Å²) in [6.07, 6.45) is 1.82. The fraction of sp³-hybridized carbons (Fsp3) is 0.545. The number of H-pyrrole nitrogens is 1. The Morgan fingerprint density at radius 2 is 2.38 bits per heavy atom. The van der Waals surface area contributed by atoms with E-state index in [9.17, 15) is 4.79 Å². The van der Waals surface area contributed by atoms with Crippen molar-refractivity contribution in [1.29, 1.82) is 5.26 Å². The van der Waals surface area contributed by atoms with Gasteiger partial charge in [-0.2, -0.15) is 5.26 Å². The summed E-state index contributed by atoms with van der Waals surface area (Å²) in [6, 6.07) is 3.56. The quantitative estimate of drug-likeness (QED) is 0.807. The van der Waals surface area contributed by atoms with Crippen molar-refractivity contribution in [3.63, 3.8) is 0 Å². The van der Waals surface area contributed by atoms with E-state index in [4.69, 9.17) is 5.26 Å². The first-order valence-electron chi connectivity index (χ1n) is 5.30. The van der Waals surface area contributed by atoms with Crippen molar-refractivity contribution in [1.82, 2.24) is 9.97 Å². The predicted molar refractivity (Wildman–Crippen MR) is 62.1 cm³/mol. The van der Waals surface area contributed by atoms with Crippen molar-refractivity contribution in [2.75, 3.05) is 18.0 Å². The van der Waals surface area contributed by atoms with E-state index in [2.05, 4.69) is 29.9 Å². The Kier molecular flexibility index (Phi) is 4.52. The molecule has 0 unspecified atom stereocenters. The zero-order chi connectivity index (χ0) is 12.0. The van der Waals surface area contributed by atoms with Gasteiger partial charge in [0.1, 0.15) is 5.82 Å². The van der Waals surface area contributed by atoms with Gasteiger partial charge in [-0.05, 0) is 5.92 Å². The van der Waals surface area contributed by atoms with Gasteiger partial charge in [-0.25, -0.2) is 4.98 Å². The van der Waals surface area contributed by atoms with E-state index >= 15 is 0 Å². The minimum atomic E-state index is -0.171. The maximum Gasteiger partial charge on any atom is 0.252 e. The highest BCUT2D eigenvalue weighted by Gasteiger charge is 2.09. The van der Waals surface area contributed by atoms with Crippen LogP contribution < -0.4 is 10.5 Å². The molecule has 5 nitrogen and oxygen atoms in total. The molecule has 5 heteroatoms. The maximum absolute atomic E-state index is 11.2. The number of hydrogen-bond donors (Lipinski definition) is 1. The summed E-state index contributed by atoms with van der Waals surface area (Å²) in [5.41, 5.74) is -0.171. The molecule has 0 saturated carbocycles. The molecule has 0 aliphatic rings. The largest absolute Gasteiger partial charge is 0.355 e. The van der Waals surface area contributed by atoms with Crippen LogP contribution in [-0.4, -0.2) is 23.1 Å². The van der Waals surface area contributed by atoms with E-state index in [1.54, 1.807) is 0 Å². The molecule has 1 rings (SSSR count). The topological polar surface area (TPSA) is 72.8 Å². The first-order chi connectivity index (χ1) is 7.63. The second-order valence-electron chi connectivity index (χ2n) is 4.02. The Hall–Kier alpha value is -1.83. The van der Waals surface area contributed by atoms with Gasteiger partial charge in [0.05, 0.1) is 18.8 Å². The van der Waals surface area contributed by atoms with Gasteiger partial charge in [0.2, 0.25) is 0 Å². The van der Waals surface area contributed by atoms with Gasteiger partial charge in [-0.1, -0.05) is 13.8 Å². The number of anilines is 1. The van der Waals surface area contributed by atoms with E-state index in [0.29, 0.717) is 24.7 Å². The highest BCUT2D eigenvalue weighted by molar-refractivity contribution is 5.36. The van der Waals surface area contributed by atoms with Crippen LogP contribution in [0.2, 0.25) is 0 Å². The zero-order valence-corrected chi connectivity index (χ0v) is 9.60. The van der Waals surface area contributed by atoms with Crippen molar-refractivity contribution < 1.29 is 0 Å². The molecule has 0 radical (unpaired) electrons. The van der Waals surface area contributed by atoms with Crippen LogP contribution in [0.3, 0.4) is 0 Å². The number of aromatic amines is 1. The number of rotatable bonds is 5. The number of aromatic nitrogens is 2. The summed E-state index contributed by atoms with van der Waals surface area (Å²) in [5.74, 6) is 1.09. The fourth-order valence-electron chi connectivity index (χ4n) is 1.46. The van der Waals surface area contributed by atoms with Crippen LogP contribution in [0.25, 0.3) is 0 Å². The molecule has 1 aromatic heterocycles. The minimum Gasteiger partial charge on any atom is -0.355 e.